The van der Waals surface area contributed by atoms with Crippen molar-refractivity contribution in [1.82, 2.24) is 4.98 Å². The zero-order valence-corrected chi connectivity index (χ0v) is 11.8. The summed E-state index contributed by atoms with van der Waals surface area (Å²) in [4.78, 5) is 4.46. The number of ether oxygens (including phenoxy) is 1. The van der Waals surface area contributed by atoms with Gasteiger partial charge in [0.2, 0.25) is 0 Å². The third-order valence-electron chi connectivity index (χ3n) is 2.51. The number of pyridine rings is 1. The molecule has 0 saturated carbocycles. The van der Waals surface area contributed by atoms with Crippen LogP contribution in [0, 0.1) is 12.8 Å². The highest BCUT2D eigenvalue weighted by atomic mass is 79.9. The molecule has 0 aliphatic heterocycles. The minimum Gasteiger partial charge on any atom is -0.383 e. The first kappa shape index (κ1) is 13.5. The maximum atomic E-state index is 5.19. The summed E-state index contributed by atoms with van der Waals surface area (Å²) in [5, 5.41) is 3.39. The van der Waals surface area contributed by atoms with Crippen molar-refractivity contribution in [2.75, 3.05) is 19.0 Å². The molecule has 0 saturated heterocycles. The van der Waals surface area contributed by atoms with E-state index in [1.165, 1.54) is 0 Å². The number of aryl methyl sites for hydroxylation is 1. The fraction of sp³-hybridized carbons (Fsp3) is 0.583. The molecule has 0 fully saturated rings. The molecular weight excluding hydrogens is 268 g/mol. The van der Waals surface area contributed by atoms with E-state index in [1.54, 1.807) is 7.11 Å². The molecule has 4 heteroatoms. The Hall–Kier alpha value is -0.610. The molecule has 0 radical (unpaired) electrons. The molecule has 1 atom stereocenters. The maximum Gasteiger partial charge on any atom is 0.126 e. The van der Waals surface area contributed by atoms with Crippen molar-refractivity contribution in [2.45, 2.75) is 26.8 Å². The van der Waals surface area contributed by atoms with Crippen LogP contribution in [0.2, 0.25) is 0 Å². The fourth-order valence-electron chi connectivity index (χ4n) is 1.39. The molecule has 16 heavy (non-hydrogen) atoms. The number of anilines is 1. The quantitative estimate of drug-likeness (QED) is 0.902. The van der Waals surface area contributed by atoms with Gasteiger partial charge in [-0.25, -0.2) is 4.98 Å². The highest BCUT2D eigenvalue weighted by Crippen LogP contribution is 2.18. The van der Waals surface area contributed by atoms with E-state index in [0.717, 1.165) is 16.0 Å². The van der Waals surface area contributed by atoms with E-state index in [9.17, 15) is 0 Å². The minimum atomic E-state index is 0.290. The Labute approximate surface area is 106 Å². The van der Waals surface area contributed by atoms with Crippen molar-refractivity contribution in [3.05, 3.63) is 22.3 Å². The van der Waals surface area contributed by atoms with Crippen LogP contribution in [0.15, 0.2) is 16.6 Å². The Morgan fingerprint density at radius 3 is 2.62 bits per heavy atom. The first-order valence-electron chi connectivity index (χ1n) is 5.43. The van der Waals surface area contributed by atoms with Crippen molar-refractivity contribution in [1.29, 1.82) is 0 Å². The number of hydrogen-bond acceptors (Lipinski definition) is 3. The third kappa shape index (κ3) is 3.76. The number of halogens is 1. The lowest BCUT2D eigenvalue weighted by Gasteiger charge is -2.22. The van der Waals surface area contributed by atoms with E-state index in [1.807, 2.05) is 19.1 Å². The monoisotopic (exact) mass is 286 g/mol. The SMILES string of the molecule is COCC(Nc1ccc(Br)c(C)n1)C(C)C. The standard InChI is InChI=1S/C12H19BrN2O/c1-8(2)11(7-16-4)15-12-6-5-10(13)9(3)14-12/h5-6,8,11H,7H2,1-4H3,(H,14,15). The molecule has 0 aliphatic rings. The molecule has 1 heterocycles. The highest BCUT2D eigenvalue weighted by molar-refractivity contribution is 9.10. The topological polar surface area (TPSA) is 34.1 Å². The normalized spacial score (nSPS) is 12.9. The lowest BCUT2D eigenvalue weighted by Crippen LogP contribution is -2.30. The zero-order valence-electron chi connectivity index (χ0n) is 10.2. The summed E-state index contributed by atoms with van der Waals surface area (Å²) < 4.78 is 6.23. The molecule has 1 N–H and O–H groups in total. The van der Waals surface area contributed by atoms with Gasteiger partial charge in [0.05, 0.1) is 18.3 Å². The maximum absolute atomic E-state index is 5.19. The van der Waals surface area contributed by atoms with Crippen LogP contribution in [0.3, 0.4) is 0 Å². The Morgan fingerprint density at radius 1 is 1.44 bits per heavy atom. The summed E-state index contributed by atoms with van der Waals surface area (Å²) in [7, 11) is 1.72. The number of hydrogen-bond donors (Lipinski definition) is 1. The lowest BCUT2D eigenvalue weighted by atomic mass is 10.1. The lowest BCUT2D eigenvalue weighted by molar-refractivity contribution is 0.171. The molecule has 1 unspecified atom stereocenters. The molecule has 0 aromatic carbocycles. The van der Waals surface area contributed by atoms with Gasteiger partial charge in [-0.05, 0) is 40.9 Å². The van der Waals surface area contributed by atoms with E-state index < -0.39 is 0 Å². The Balaban J connectivity index is 2.73. The summed E-state index contributed by atoms with van der Waals surface area (Å²) in [5.41, 5.74) is 0.991. The smallest absolute Gasteiger partial charge is 0.126 e. The first-order chi connectivity index (χ1) is 7.54. The van der Waals surface area contributed by atoms with Gasteiger partial charge < -0.3 is 10.1 Å². The fourth-order valence-corrected chi connectivity index (χ4v) is 1.62. The number of nitrogens with one attached hydrogen (secondary N) is 1. The van der Waals surface area contributed by atoms with Crippen molar-refractivity contribution < 1.29 is 4.74 Å². The molecule has 0 spiro atoms. The summed E-state index contributed by atoms with van der Waals surface area (Å²) >= 11 is 3.44. The predicted molar refractivity (Wildman–Crippen MR) is 70.8 cm³/mol. The minimum absolute atomic E-state index is 0.290. The highest BCUT2D eigenvalue weighted by Gasteiger charge is 2.13. The molecule has 1 aromatic heterocycles. The largest absolute Gasteiger partial charge is 0.383 e. The predicted octanol–water partition coefficient (Wildman–Crippen LogP) is 3.24. The Morgan fingerprint density at radius 2 is 2.12 bits per heavy atom. The van der Waals surface area contributed by atoms with Gasteiger partial charge in [0.25, 0.3) is 0 Å². The van der Waals surface area contributed by atoms with Crippen molar-refractivity contribution in [3.8, 4) is 0 Å². The van der Waals surface area contributed by atoms with E-state index in [0.29, 0.717) is 12.5 Å². The van der Waals surface area contributed by atoms with Gasteiger partial charge in [-0.15, -0.1) is 0 Å². The molecular formula is C12H19BrN2O. The average Bonchev–Trinajstić information content (AvgIpc) is 2.22. The van der Waals surface area contributed by atoms with Crippen LogP contribution in [0.25, 0.3) is 0 Å². The molecule has 0 aliphatic carbocycles. The Bertz CT molecular complexity index is 342. The van der Waals surface area contributed by atoms with E-state index in [4.69, 9.17) is 4.74 Å². The second kappa shape index (κ2) is 6.21. The van der Waals surface area contributed by atoms with Crippen molar-refractivity contribution in [3.63, 3.8) is 0 Å². The molecule has 1 rings (SSSR count). The van der Waals surface area contributed by atoms with Gasteiger partial charge in [0, 0.05) is 11.6 Å². The van der Waals surface area contributed by atoms with E-state index in [-0.39, 0.29) is 6.04 Å². The average molecular weight is 287 g/mol. The van der Waals surface area contributed by atoms with Gasteiger partial charge in [0.15, 0.2) is 0 Å². The van der Waals surface area contributed by atoms with Crippen LogP contribution < -0.4 is 5.32 Å². The van der Waals surface area contributed by atoms with Crippen LogP contribution in [0.5, 0.6) is 0 Å². The van der Waals surface area contributed by atoms with Gasteiger partial charge in [-0.1, -0.05) is 13.8 Å². The van der Waals surface area contributed by atoms with Crippen LogP contribution in [0.4, 0.5) is 5.82 Å². The van der Waals surface area contributed by atoms with Crippen molar-refractivity contribution >= 4 is 21.7 Å². The van der Waals surface area contributed by atoms with Gasteiger partial charge in [-0.3, -0.25) is 0 Å². The summed E-state index contributed by atoms with van der Waals surface area (Å²) in [6.07, 6.45) is 0. The molecule has 0 amide bonds. The molecule has 3 nitrogen and oxygen atoms in total. The van der Waals surface area contributed by atoms with E-state index >= 15 is 0 Å². The van der Waals surface area contributed by atoms with E-state index in [2.05, 4.69) is 40.1 Å². The van der Waals surface area contributed by atoms with Crippen LogP contribution in [0.1, 0.15) is 19.5 Å². The summed E-state index contributed by atoms with van der Waals surface area (Å²) in [6, 6.07) is 4.27. The van der Waals surface area contributed by atoms with Gasteiger partial charge >= 0.3 is 0 Å². The summed E-state index contributed by atoms with van der Waals surface area (Å²) in [6.45, 7) is 7.01. The second-order valence-electron chi connectivity index (χ2n) is 4.21. The molecule has 1 aromatic rings. The summed E-state index contributed by atoms with van der Waals surface area (Å²) in [5.74, 6) is 1.40. The number of rotatable bonds is 5. The Kier molecular flexibility index (Phi) is 5.22. The van der Waals surface area contributed by atoms with Crippen LogP contribution in [-0.4, -0.2) is 24.7 Å². The number of nitrogens with zero attached hydrogens (tertiary/aromatic N) is 1. The zero-order chi connectivity index (χ0) is 12.1. The molecule has 90 valence electrons. The van der Waals surface area contributed by atoms with Gasteiger partial charge in [-0.2, -0.15) is 0 Å². The van der Waals surface area contributed by atoms with Crippen molar-refractivity contribution in [2.24, 2.45) is 5.92 Å². The number of methoxy groups -OCH3 is 1. The van der Waals surface area contributed by atoms with Gasteiger partial charge in [0.1, 0.15) is 5.82 Å². The molecule has 0 bridgehead atoms. The second-order valence-corrected chi connectivity index (χ2v) is 5.07. The first-order valence-corrected chi connectivity index (χ1v) is 6.22. The number of aromatic nitrogens is 1. The van der Waals surface area contributed by atoms with Crippen LogP contribution in [-0.2, 0) is 4.74 Å². The van der Waals surface area contributed by atoms with Crippen LogP contribution >= 0.6 is 15.9 Å². The third-order valence-corrected chi connectivity index (χ3v) is 3.34.